The number of aliphatic hydroxyl groups is 1. The summed E-state index contributed by atoms with van der Waals surface area (Å²) in [7, 11) is 0. The molecule has 1 aromatic rings. The SMILES string of the molecule is OCC(Cc1ccccc1)NC1CCC2(CC1)OCCO2. The van der Waals surface area contributed by atoms with Crippen molar-refractivity contribution in [2.24, 2.45) is 0 Å². The molecule has 1 aliphatic heterocycles. The number of benzene rings is 1. The molecule has 1 aromatic carbocycles. The van der Waals surface area contributed by atoms with Crippen molar-refractivity contribution in [1.29, 1.82) is 0 Å². The van der Waals surface area contributed by atoms with Gasteiger partial charge in [0, 0.05) is 24.9 Å². The molecule has 1 heterocycles. The molecule has 1 unspecified atom stereocenters. The second-order valence-corrected chi connectivity index (χ2v) is 6.12. The number of nitrogens with one attached hydrogen (secondary N) is 1. The minimum atomic E-state index is -0.299. The van der Waals surface area contributed by atoms with Crippen molar-refractivity contribution in [2.75, 3.05) is 19.8 Å². The summed E-state index contributed by atoms with van der Waals surface area (Å²) < 4.78 is 11.5. The van der Waals surface area contributed by atoms with Gasteiger partial charge in [0.1, 0.15) is 0 Å². The monoisotopic (exact) mass is 291 g/mol. The molecule has 0 aromatic heterocycles. The van der Waals surface area contributed by atoms with E-state index in [4.69, 9.17) is 9.47 Å². The second-order valence-electron chi connectivity index (χ2n) is 6.12. The van der Waals surface area contributed by atoms with E-state index in [0.29, 0.717) is 6.04 Å². The normalized spacial score (nSPS) is 23.5. The zero-order valence-electron chi connectivity index (χ0n) is 12.5. The quantitative estimate of drug-likeness (QED) is 0.869. The van der Waals surface area contributed by atoms with Crippen molar-refractivity contribution in [2.45, 2.75) is 50.0 Å². The van der Waals surface area contributed by atoms with E-state index in [1.807, 2.05) is 18.2 Å². The first-order chi connectivity index (χ1) is 10.3. The third-order valence-corrected chi connectivity index (χ3v) is 4.58. The standard InChI is InChI=1S/C17H25NO3/c19-13-16(12-14-4-2-1-3-5-14)18-15-6-8-17(9-7-15)20-10-11-21-17/h1-5,15-16,18-19H,6-13H2. The molecule has 0 amide bonds. The first kappa shape index (κ1) is 15.0. The van der Waals surface area contributed by atoms with E-state index < -0.39 is 0 Å². The maximum atomic E-state index is 9.61. The van der Waals surface area contributed by atoms with E-state index in [1.54, 1.807) is 0 Å². The smallest absolute Gasteiger partial charge is 0.168 e. The van der Waals surface area contributed by atoms with Gasteiger partial charge in [0.2, 0.25) is 0 Å². The first-order valence-electron chi connectivity index (χ1n) is 7.98. The molecule has 2 aliphatic rings. The highest BCUT2D eigenvalue weighted by Gasteiger charge is 2.40. The molecule has 2 fully saturated rings. The predicted octanol–water partition coefficient (Wildman–Crippen LogP) is 1.87. The Morgan fingerprint density at radius 3 is 2.43 bits per heavy atom. The Bertz CT molecular complexity index is 421. The first-order valence-corrected chi connectivity index (χ1v) is 7.98. The molecule has 0 bridgehead atoms. The van der Waals surface area contributed by atoms with Gasteiger partial charge in [-0.2, -0.15) is 0 Å². The Hall–Kier alpha value is -0.940. The Kier molecular flexibility index (Phi) is 4.91. The second kappa shape index (κ2) is 6.88. The maximum Gasteiger partial charge on any atom is 0.168 e. The highest BCUT2D eigenvalue weighted by molar-refractivity contribution is 5.16. The summed E-state index contributed by atoms with van der Waals surface area (Å²) in [5.41, 5.74) is 1.26. The number of hydrogen-bond acceptors (Lipinski definition) is 4. The van der Waals surface area contributed by atoms with Crippen LogP contribution in [0.2, 0.25) is 0 Å². The summed E-state index contributed by atoms with van der Waals surface area (Å²) in [6.45, 7) is 1.63. The molecule has 3 rings (SSSR count). The van der Waals surface area contributed by atoms with Gasteiger partial charge in [0.25, 0.3) is 0 Å². The summed E-state index contributed by atoms with van der Waals surface area (Å²) >= 11 is 0. The van der Waals surface area contributed by atoms with Crippen LogP contribution in [-0.4, -0.2) is 42.8 Å². The Morgan fingerprint density at radius 1 is 1.14 bits per heavy atom. The molecule has 116 valence electrons. The number of ether oxygens (including phenoxy) is 2. The highest BCUT2D eigenvalue weighted by Crippen LogP contribution is 2.35. The maximum absolute atomic E-state index is 9.61. The lowest BCUT2D eigenvalue weighted by atomic mass is 9.89. The molecule has 2 N–H and O–H groups in total. The van der Waals surface area contributed by atoms with Gasteiger partial charge in [-0.15, -0.1) is 0 Å². The summed E-state index contributed by atoms with van der Waals surface area (Å²) in [6.07, 6.45) is 4.87. The fourth-order valence-corrected chi connectivity index (χ4v) is 3.42. The number of rotatable bonds is 5. The molecule has 4 nitrogen and oxygen atoms in total. The van der Waals surface area contributed by atoms with Crippen LogP contribution in [0.4, 0.5) is 0 Å². The third-order valence-electron chi connectivity index (χ3n) is 4.58. The van der Waals surface area contributed by atoms with Crippen LogP contribution in [0, 0.1) is 0 Å². The topological polar surface area (TPSA) is 50.7 Å². The van der Waals surface area contributed by atoms with Crippen LogP contribution >= 0.6 is 0 Å². The molecule has 21 heavy (non-hydrogen) atoms. The minimum Gasteiger partial charge on any atom is -0.395 e. The van der Waals surface area contributed by atoms with Crippen LogP contribution in [0.5, 0.6) is 0 Å². The number of hydrogen-bond donors (Lipinski definition) is 2. The molecule has 0 radical (unpaired) electrons. The molecule has 1 atom stereocenters. The molecule has 1 saturated heterocycles. The zero-order valence-corrected chi connectivity index (χ0v) is 12.5. The van der Waals surface area contributed by atoms with E-state index in [-0.39, 0.29) is 18.4 Å². The van der Waals surface area contributed by atoms with Gasteiger partial charge in [0.05, 0.1) is 19.8 Å². The van der Waals surface area contributed by atoms with Crippen LogP contribution in [0.1, 0.15) is 31.2 Å². The average Bonchev–Trinajstić information content (AvgIpc) is 2.98. The average molecular weight is 291 g/mol. The molecule has 1 spiro atoms. The van der Waals surface area contributed by atoms with E-state index in [1.165, 1.54) is 5.56 Å². The minimum absolute atomic E-state index is 0.122. The van der Waals surface area contributed by atoms with Gasteiger partial charge < -0.3 is 19.9 Å². The molecular formula is C17H25NO3. The fraction of sp³-hybridized carbons (Fsp3) is 0.647. The predicted molar refractivity (Wildman–Crippen MR) is 81.0 cm³/mol. The largest absolute Gasteiger partial charge is 0.395 e. The Morgan fingerprint density at radius 2 is 1.81 bits per heavy atom. The number of aliphatic hydroxyl groups excluding tert-OH is 1. The van der Waals surface area contributed by atoms with Crippen molar-refractivity contribution in [3.8, 4) is 0 Å². The van der Waals surface area contributed by atoms with E-state index in [0.717, 1.165) is 45.3 Å². The van der Waals surface area contributed by atoms with Gasteiger partial charge in [0.15, 0.2) is 5.79 Å². The van der Waals surface area contributed by atoms with Gasteiger partial charge in [-0.25, -0.2) is 0 Å². The van der Waals surface area contributed by atoms with Crippen LogP contribution in [0.25, 0.3) is 0 Å². The lowest BCUT2D eigenvalue weighted by Gasteiger charge is -2.37. The van der Waals surface area contributed by atoms with Crippen molar-refractivity contribution in [3.63, 3.8) is 0 Å². The van der Waals surface area contributed by atoms with E-state index >= 15 is 0 Å². The van der Waals surface area contributed by atoms with Crippen molar-refractivity contribution < 1.29 is 14.6 Å². The highest BCUT2D eigenvalue weighted by atomic mass is 16.7. The van der Waals surface area contributed by atoms with Crippen LogP contribution in [0.3, 0.4) is 0 Å². The summed E-state index contributed by atoms with van der Waals surface area (Å²) in [4.78, 5) is 0. The summed E-state index contributed by atoms with van der Waals surface area (Å²) in [5, 5.41) is 13.2. The zero-order chi connectivity index (χ0) is 14.5. The van der Waals surface area contributed by atoms with Crippen LogP contribution in [0.15, 0.2) is 30.3 Å². The van der Waals surface area contributed by atoms with Gasteiger partial charge in [-0.05, 0) is 24.8 Å². The molecule has 1 aliphatic carbocycles. The van der Waals surface area contributed by atoms with Crippen molar-refractivity contribution >= 4 is 0 Å². The van der Waals surface area contributed by atoms with Crippen LogP contribution < -0.4 is 5.32 Å². The van der Waals surface area contributed by atoms with Gasteiger partial charge in [-0.3, -0.25) is 0 Å². The molecular weight excluding hydrogens is 266 g/mol. The Labute approximate surface area is 126 Å². The van der Waals surface area contributed by atoms with E-state index in [2.05, 4.69) is 17.4 Å². The van der Waals surface area contributed by atoms with Crippen molar-refractivity contribution in [3.05, 3.63) is 35.9 Å². The van der Waals surface area contributed by atoms with Gasteiger partial charge in [-0.1, -0.05) is 30.3 Å². The lowest BCUT2D eigenvalue weighted by molar-refractivity contribution is -0.179. The lowest BCUT2D eigenvalue weighted by Crippen LogP contribution is -2.47. The summed E-state index contributed by atoms with van der Waals surface area (Å²) in [6, 6.07) is 10.9. The molecule has 4 heteroatoms. The third kappa shape index (κ3) is 3.83. The van der Waals surface area contributed by atoms with E-state index in [9.17, 15) is 5.11 Å². The summed E-state index contributed by atoms with van der Waals surface area (Å²) in [5.74, 6) is -0.299. The fourth-order valence-electron chi connectivity index (χ4n) is 3.42. The van der Waals surface area contributed by atoms with Crippen molar-refractivity contribution in [1.82, 2.24) is 5.32 Å². The Balaban J connectivity index is 1.49. The molecule has 1 saturated carbocycles. The van der Waals surface area contributed by atoms with Crippen LogP contribution in [-0.2, 0) is 15.9 Å². The van der Waals surface area contributed by atoms with Gasteiger partial charge >= 0.3 is 0 Å².